The highest BCUT2D eigenvalue weighted by Crippen LogP contribution is 2.18. The largest absolute Gasteiger partial charge is 0.497 e. The fourth-order valence-electron chi connectivity index (χ4n) is 2.32. The molecule has 6 nitrogen and oxygen atoms in total. The van der Waals surface area contributed by atoms with E-state index < -0.39 is 5.91 Å². The Kier molecular flexibility index (Phi) is 5.78. The minimum atomic E-state index is -0.575. The van der Waals surface area contributed by atoms with E-state index in [1.165, 1.54) is 12.0 Å². The van der Waals surface area contributed by atoms with Crippen molar-refractivity contribution in [1.29, 1.82) is 0 Å². The maximum Gasteiger partial charge on any atom is 0.254 e. The van der Waals surface area contributed by atoms with Crippen LogP contribution >= 0.6 is 0 Å². The summed E-state index contributed by atoms with van der Waals surface area (Å²) in [4.78, 5) is 25.5. The lowest BCUT2D eigenvalue weighted by molar-refractivity contribution is -0.118. The molecule has 0 aromatic heterocycles. The number of amides is 2. The van der Waals surface area contributed by atoms with E-state index in [4.69, 9.17) is 15.2 Å². The maximum atomic E-state index is 12.7. The molecule has 0 fully saturated rings. The predicted octanol–water partition coefficient (Wildman–Crippen LogP) is 1.83. The zero-order valence-electron chi connectivity index (χ0n) is 13.7. The number of primary amides is 1. The number of nitrogens with two attached hydrogens (primary N) is 1. The third kappa shape index (κ3) is 4.49. The van der Waals surface area contributed by atoms with Crippen molar-refractivity contribution in [2.24, 2.45) is 5.73 Å². The third-order valence-corrected chi connectivity index (χ3v) is 3.46. The Morgan fingerprint density at radius 2 is 1.62 bits per heavy atom. The normalized spacial score (nSPS) is 10.1. The van der Waals surface area contributed by atoms with Gasteiger partial charge in [0, 0.05) is 12.1 Å². The maximum absolute atomic E-state index is 12.7. The number of ether oxygens (including phenoxy) is 2. The Morgan fingerprint density at radius 3 is 2.25 bits per heavy atom. The van der Waals surface area contributed by atoms with Gasteiger partial charge in [-0.15, -0.1) is 0 Å². The van der Waals surface area contributed by atoms with Crippen LogP contribution in [-0.4, -0.2) is 37.5 Å². The molecule has 0 spiro atoms. The standard InChI is InChI=1S/C18H20N2O4/c1-23-15-7-3-5-13(9-15)11-20(12-17(19)21)18(22)14-6-4-8-16(10-14)24-2/h3-10H,11-12H2,1-2H3,(H2,19,21). The van der Waals surface area contributed by atoms with Gasteiger partial charge < -0.3 is 20.1 Å². The van der Waals surface area contributed by atoms with Gasteiger partial charge in [-0.05, 0) is 35.9 Å². The summed E-state index contributed by atoms with van der Waals surface area (Å²) in [5.41, 5.74) is 6.56. The Balaban J connectivity index is 2.26. The molecule has 0 aliphatic rings. The molecule has 0 saturated carbocycles. The van der Waals surface area contributed by atoms with Gasteiger partial charge in [-0.2, -0.15) is 0 Å². The van der Waals surface area contributed by atoms with Gasteiger partial charge >= 0.3 is 0 Å². The lowest BCUT2D eigenvalue weighted by Gasteiger charge is -2.22. The molecule has 2 amide bonds. The first-order chi connectivity index (χ1) is 11.5. The van der Waals surface area contributed by atoms with Crippen molar-refractivity contribution in [3.05, 3.63) is 59.7 Å². The highest BCUT2D eigenvalue weighted by atomic mass is 16.5. The van der Waals surface area contributed by atoms with Crippen LogP contribution in [0.1, 0.15) is 15.9 Å². The van der Waals surface area contributed by atoms with Gasteiger partial charge in [0.2, 0.25) is 5.91 Å². The van der Waals surface area contributed by atoms with Crippen LogP contribution in [0, 0.1) is 0 Å². The van der Waals surface area contributed by atoms with Crippen molar-refractivity contribution in [3.8, 4) is 11.5 Å². The molecule has 6 heteroatoms. The number of nitrogens with zero attached hydrogens (tertiary/aromatic N) is 1. The van der Waals surface area contributed by atoms with Gasteiger partial charge in [-0.25, -0.2) is 0 Å². The second-order valence-electron chi connectivity index (χ2n) is 5.21. The summed E-state index contributed by atoms with van der Waals surface area (Å²) >= 11 is 0. The van der Waals surface area contributed by atoms with E-state index in [0.29, 0.717) is 17.1 Å². The molecule has 126 valence electrons. The zero-order valence-corrected chi connectivity index (χ0v) is 13.7. The molecule has 2 N–H and O–H groups in total. The topological polar surface area (TPSA) is 81.9 Å². The first kappa shape index (κ1) is 17.3. The number of carbonyl (C=O) groups is 2. The summed E-state index contributed by atoms with van der Waals surface area (Å²) in [5.74, 6) is 0.381. The van der Waals surface area contributed by atoms with Crippen molar-refractivity contribution in [3.63, 3.8) is 0 Å². The van der Waals surface area contributed by atoms with Crippen molar-refractivity contribution < 1.29 is 19.1 Å². The van der Waals surface area contributed by atoms with E-state index in [-0.39, 0.29) is 19.0 Å². The number of hydrogen-bond acceptors (Lipinski definition) is 4. The molecule has 2 rings (SSSR count). The Bertz CT molecular complexity index is 730. The van der Waals surface area contributed by atoms with E-state index in [9.17, 15) is 9.59 Å². The van der Waals surface area contributed by atoms with E-state index in [1.807, 2.05) is 24.3 Å². The first-order valence-corrected chi connectivity index (χ1v) is 7.38. The third-order valence-electron chi connectivity index (χ3n) is 3.46. The van der Waals surface area contributed by atoms with Crippen LogP contribution in [0.3, 0.4) is 0 Å². The van der Waals surface area contributed by atoms with E-state index in [0.717, 1.165) is 5.56 Å². The van der Waals surface area contributed by atoms with Crippen LogP contribution in [0.4, 0.5) is 0 Å². The highest BCUT2D eigenvalue weighted by molar-refractivity contribution is 5.96. The van der Waals surface area contributed by atoms with Crippen LogP contribution in [-0.2, 0) is 11.3 Å². The van der Waals surface area contributed by atoms with Crippen molar-refractivity contribution in [2.75, 3.05) is 20.8 Å². The summed E-state index contributed by atoms with van der Waals surface area (Å²) in [7, 11) is 3.10. The zero-order chi connectivity index (χ0) is 17.5. The van der Waals surface area contributed by atoms with Crippen LogP contribution in [0.25, 0.3) is 0 Å². The van der Waals surface area contributed by atoms with Gasteiger partial charge in [0.05, 0.1) is 20.8 Å². The number of hydrogen-bond donors (Lipinski definition) is 1. The van der Waals surface area contributed by atoms with Crippen LogP contribution in [0.5, 0.6) is 11.5 Å². The van der Waals surface area contributed by atoms with Crippen molar-refractivity contribution in [1.82, 2.24) is 4.90 Å². The lowest BCUT2D eigenvalue weighted by Crippen LogP contribution is -2.38. The van der Waals surface area contributed by atoms with Crippen LogP contribution < -0.4 is 15.2 Å². The van der Waals surface area contributed by atoms with Gasteiger partial charge in [0.25, 0.3) is 5.91 Å². The van der Waals surface area contributed by atoms with Crippen LogP contribution in [0.2, 0.25) is 0 Å². The second-order valence-corrected chi connectivity index (χ2v) is 5.21. The smallest absolute Gasteiger partial charge is 0.254 e. The van der Waals surface area contributed by atoms with Crippen LogP contribution in [0.15, 0.2) is 48.5 Å². The monoisotopic (exact) mass is 328 g/mol. The summed E-state index contributed by atoms with van der Waals surface area (Å²) in [6.45, 7) is 0.0729. The molecule has 0 aliphatic heterocycles. The number of benzene rings is 2. The van der Waals surface area contributed by atoms with Gasteiger partial charge in [-0.1, -0.05) is 18.2 Å². The fourth-order valence-corrected chi connectivity index (χ4v) is 2.32. The lowest BCUT2D eigenvalue weighted by atomic mass is 10.1. The minimum Gasteiger partial charge on any atom is -0.497 e. The average Bonchev–Trinajstić information content (AvgIpc) is 2.60. The van der Waals surface area contributed by atoms with Gasteiger partial charge in [0.1, 0.15) is 11.5 Å². The number of methoxy groups -OCH3 is 2. The summed E-state index contributed by atoms with van der Waals surface area (Å²) in [6, 6.07) is 14.1. The molecule has 0 saturated heterocycles. The quantitative estimate of drug-likeness (QED) is 0.841. The second kappa shape index (κ2) is 8.01. The highest BCUT2D eigenvalue weighted by Gasteiger charge is 2.19. The SMILES string of the molecule is COc1cccc(CN(CC(N)=O)C(=O)c2cccc(OC)c2)c1. The molecule has 0 atom stereocenters. The Morgan fingerprint density at radius 1 is 1.00 bits per heavy atom. The fraction of sp³-hybridized carbons (Fsp3) is 0.222. The summed E-state index contributed by atoms with van der Waals surface area (Å²) in [6.07, 6.45) is 0. The number of carbonyl (C=O) groups excluding carboxylic acids is 2. The molecule has 0 radical (unpaired) electrons. The average molecular weight is 328 g/mol. The molecule has 0 heterocycles. The summed E-state index contributed by atoms with van der Waals surface area (Å²) < 4.78 is 10.3. The number of rotatable bonds is 7. The molecular weight excluding hydrogens is 308 g/mol. The molecule has 2 aromatic rings. The molecule has 0 bridgehead atoms. The first-order valence-electron chi connectivity index (χ1n) is 7.38. The minimum absolute atomic E-state index is 0.173. The van der Waals surface area contributed by atoms with Gasteiger partial charge in [-0.3, -0.25) is 9.59 Å². The molecule has 0 aliphatic carbocycles. The molecule has 2 aromatic carbocycles. The van der Waals surface area contributed by atoms with E-state index in [2.05, 4.69) is 0 Å². The Hall–Kier alpha value is -3.02. The van der Waals surface area contributed by atoms with Gasteiger partial charge in [0.15, 0.2) is 0 Å². The molecule has 24 heavy (non-hydrogen) atoms. The Labute approximate surface area is 140 Å². The van der Waals surface area contributed by atoms with E-state index >= 15 is 0 Å². The van der Waals surface area contributed by atoms with E-state index in [1.54, 1.807) is 31.4 Å². The molecular formula is C18H20N2O4. The predicted molar refractivity (Wildman–Crippen MR) is 89.9 cm³/mol. The summed E-state index contributed by atoms with van der Waals surface area (Å²) in [5, 5.41) is 0. The van der Waals surface area contributed by atoms with Crippen molar-refractivity contribution >= 4 is 11.8 Å². The molecule has 0 unspecified atom stereocenters. The van der Waals surface area contributed by atoms with Crippen molar-refractivity contribution in [2.45, 2.75) is 6.54 Å².